The summed E-state index contributed by atoms with van der Waals surface area (Å²) in [5.74, 6) is -0.740. The molecule has 0 aromatic rings. The van der Waals surface area contributed by atoms with Crippen LogP contribution in [0.3, 0.4) is 0 Å². The monoisotopic (exact) mass is 422 g/mol. The summed E-state index contributed by atoms with van der Waals surface area (Å²) >= 11 is 0. The molecule has 2 fully saturated rings. The van der Waals surface area contributed by atoms with E-state index in [1.54, 1.807) is 27.8 Å². The molecule has 3 atom stereocenters. The lowest BCUT2D eigenvalue weighted by molar-refractivity contribution is -0.148. The van der Waals surface area contributed by atoms with Crippen LogP contribution in [-0.2, 0) is 19.2 Å². The number of nitrogens with one attached hydrogen (secondary N) is 2. The fourth-order valence-electron chi connectivity index (χ4n) is 4.07. The van der Waals surface area contributed by atoms with Crippen LogP contribution in [-0.4, -0.2) is 60.1 Å². The molecular formula is C22H38N4O4. The molecule has 3 amide bonds. The van der Waals surface area contributed by atoms with Gasteiger partial charge in [0.05, 0.1) is 11.0 Å². The number of likely N-dealkylation sites (N-methyl/N-ethyl adjacent to an activating group) is 1. The van der Waals surface area contributed by atoms with E-state index >= 15 is 0 Å². The van der Waals surface area contributed by atoms with Crippen molar-refractivity contribution in [3.63, 3.8) is 0 Å². The molecule has 0 saturated heterocycles. The SMILES string of the molecule is CN(C(=O)C12CCC1(NC(=O)C(C)(C)C)C2)C(CC(=O)C(C)(C)C)C(=O)NCCN. The summed E-state index contributed by atoms with van der Waals surface area (Å²) < 4.78 is 0. The van der Waals surface area contributed by atoms with Crippen molar-refractivity contribution in [3.8, 4) is 0 Å². The molecule has 0 spiro atoms. The van der Waals surface area contributed by atoms with Crippen LogP contribution in [0.4, 0.5) is 0 Å². The largest absolute Gasteiger partial charge is 0.353 e. The second kappa shape index (κ2) is 7.94. The number of nitrogens with zero attached hydrogens (tertiary/aromatic N) is 1. The number of ketones is 1. The highest BCUT2D eigenvalue weighted by Crippen LogP contribution is 2.71. The van der Waals surface area contributed by atoms with Gasteiger partial charge in [0.1, 0.15) is 11.8 Å². The Kier molecular flexibility index (Phi) is 6.44. The minimum absolute atomic E-state index is 0.0560. The number of carbonyl (C=O) groups excluding carboxylic acids is 4. The fourth-order valence-corrected chi connectivity index (χ4v) is 4.07. The van der Waals surface area contributed by atoms with Crippen molar-refractivity contribution in [2.24, 2.45) is 22.0 Å². The lowest BCUT2D eigenvalue weighted by Crippen LogP contribution is -2.58. The minimum Gasteiger partial charge on any atom is -0.353 e. The topological polar surface area (TPSA) is 122 Å². The predicted octanol–water partition coefficient (Wildman–Crippen LogP) is 0.979. The summed E-state index contributed by atoms with van der Waals surface area (Å²) in [6, 6.07) is -0.901. The fraction of sp³-hybridized carbons (Fsp3) is 0.818. The Morgan fingerprint density at radius 3 is 2.07 bits per heavy atom. The van der Waals surface area contributed by atoms with Gasteiger partial charge in [-0.1, -0.05) is 41.5 Å². The van der Waals surface area contributed by atoms with Crippen LogP contribution in [0.1, 0.15) is 67.2 Å². The zero-order valence-corrected chi connectivity index (χ0v) is 19.5. The first-order chi connectivity index (χ1) is 13.6. The van der Waals surface area contributed by atoms with E-state index in [1.807, 2.05) is 20.8 Å². The zero-order valence-electron chi connectivity index (χ0n) is 19.5. The molecule has 0 bridgehead atoms. The van der Waals surface area contributed by atoms with Gasteiger partial charge < -0.3 is 21.3 Å². The average Bonchev–Trinajstić information content (AvgIpc) is 3.09. The molecule has 3 unspecified atom stereocenters. The summed E-state index contributed by atoms with van der Waals surface area (Å²) in [7, 11) is 1.58. The highest BCUT2D eigenvalue weighted by atomic mass is 16.2. The molecule has 2 aliphatic carbocycles. The van der Waals surface area contributed by atoms with Crippen LogP contribution >= 0.6 is 0 Å². The van der Waals surface area contributed by atoms with Gasteiger partial charge in [-0.05, 0) is 19.3 Å². The maximum absolute atomic E-state index is 13.4. The van der Waals surface area contributed by atoms with Gasteiger partial charge in [-0.3, -0.25) is 19.2 Å². The van der Waals surface area contributed by atoms with Crippen LogP contribution < -0.4 is 16.4 Å². The van der Waals surface area contributed by atoms with Gasteiger partial charge in [-0.15, -0.1) is 0 Å². The van der Waals surface area contributed by atoms with Crippen LogP contribution in [0.25, 0.3) is 0 Å². The molecule has 2 rings (SSSR count). The third-order valence-corrected chi connectivity index (χ3v) is 6.57. The molecule has 2 aliphatic rings. The molecule has 0 aromatic heterocycles. The van der Waals surface area contributed by atoms with Crippen LogP contribution in [0.15, 0.2) is 0 Å². The van der Waals surface area contributed by atoms with Gasteiger partial charge in [0.15, 0.2) is 0 Å². The van der Waals surface area contributed by atoms with Crippen LogP contribution in [0, 0.1) is 16.2 Å². The van der Waals surface area contributed by atoms with E-state index in [9.17, 15) is 19.2 Å². The molecule has 0 heterocycles. The van der Waals surface area contributed by atoms with E-state index < -0.39 is 27.8 Å². The van der Waals surface area contributed by atoms with Crippen molar-refractivity contribution in [3.05, 3.63) is 0 Å². The quantitative estimate of drug-likeness (QED) is 0.538. The van der Waals surface area contributed by atoms with Crippen molar-refractivity contribution in [2.45, 2.75) is 78.8 Å². The number of carbonyl (C=O) groups is 4. The number of fused-ring (bicyclic) bond motifs is 1. The number of hydrogen-bond donors (Lipinski definition) is 3. The maximum atomic E-state index is 13.4. The third-order valence-electron chi connectivity index (χ3n) is 6.57. The summed E-state index contributed by atoms with van der Waals surface area (Å²) in [6.45, 7) is 11.5. The van der Waals surface area contributed by atoms with Gasteiger partial charge in [0.2, 0.25) is 17.7 Å². The first kappa shape index (κ1) is 24.3. The Balaban J connectivity index is 2.18. The van der Waals surface area contributed by atoms with E-state index in [1.165, 1.54) is 4.90 Å². The molecule has 4 N–H and O–H groups in total. The molecule has 0 aliphatic heterocycles. The highest BCUT2D eigenvalue weighted by Gasteiger charge is 2.79. The summed E-state index contributed by atoms with van der Waals surface area (Å²) in [4.78, 5) is 52.7. The summed E-state index contributed by atoms with van der Waals surface area (Å²) in [6.07, 6.45) is 1.94. The second-order valence-corrected chi connectivity index (χ2v) is 10.9. The zero-order chi connectivity index (χ0) is 23.1. The minimum atomic E-state index is -0.901. The van der Waals surface area contributed by atoms with Gasteiger partial charge in [-0.2, -0.15) is 0 Å². The van der Waals surface area contributed by atoms with E-state index in [4.69, 9.17) is 5.73 Å². The number of Topliss-reactive ketones (excluding diaryl/α,β-unsaturated/α-hetero) is 1. The van der Waals surface area contributed by atoms with Crippen LogP contribution in [0.5, 0.6) is 0 Å². The third kappa shape index (κ3) is 4.38. The Morgan fingerprint density at radius 2 is 1.63 bits per heavy atom. The Bertz CT molecular complexity index is 736. The van der Waals surface area contributed by atoms with Crippen molar-refractivity contribution in [1.29, 1.82) is 0 Å². The average molecular weight is 423 g/mol. The van der Waals surface area contributed by atoms with Gasteiger partial charge in [-0.25, -0.2) is 0 Å². The van der Waals surface area contributed by atoms with E-state index in [0.29, 0.717) is 12.8 Å². The van der Waals surface area contributed by atoms with E-state index in [-0.39, 0.29) is 43.0 Å². The summed E-state index contributed by atoms with van der Waals surface area (Å²) in [5, 5.41) is 5.79. The van der Waals surface area contributed by atoms with Gasteiger partial charge in [0.25, 0.3) is 0 Å². The van der Waals surface area contributed by atoms with Gasteiger partial charge >= 0.3 is 0 Å². The Hall–Kier alpha value is -1.96. The standard InChI is InChI=1S/C22H38N4O4/c1-19(2,3)15(27)12-14(16(28)24-11-10-23)26(7)18(30)21-8-9-22(21,13-21)25-17(29)20(4,5)6/h14H,8-13,23H2,1-7H3,(H,24,28)(H,25,29). The molecule has 2 saturated carbocycles. The smallest absolute Gasteiger partial charge is 0.243 e. The molecule has 0 aromatic carbocycles. The van der Waals surface area contributed by atoms with Crippen molar-refractivity contribution in [1.82, 2.24) is 15.5 Å². The van der Waals surface area contributed by atoms with Crippen molar-refractivity contribution >= 4 is 23.5 Å². The first-order valence-corrected chi connectivity index (χ1v) is 10.7. The number of amides is 3. The van der Waals surface area contributed by atoms with Crippen molar-refractivity contribution in [2.75, 3.05) is 20.1 Å². The number of nitrogens with two attached hydrogens (primary N) is 1. The number of rotatable bonds is 8. The van der Waals surface area contributed by atoms with E-state index in [2.05, 4.69) is 10.6 Å². The molecule has 30 heavy (non-hydrogen) atoms. The Morgan fingerprint density at radius 1 is 1.03 bits per heavy atom. The first-order valence-electron chi connectivity index (χ1n) is 10.7. The Labute approximate surface area is 179 Å². The maximum Gasteiger partial charge on any atom is 0.243 e. The molecule has 170 valence electrons. The highest BCUT2D eigenvalue weighted by molar-refractivity contribution is 5.98. The molecule has 8 nitrogen and oxygen atoms in total. The second-order valence-electron chi connectivity index (χ2n) is 10.9. The normalized spacial score (nSPS) is 26.0. The number of hydrogen-bond acceptors (Lipinski definition) is 5. The lowest BCUT2D eigenvalue weighted by atomic mass is 9.77. The molecule has 8 heteroatoms. The van der Waals surface area contributed by atoms with E-state index in [0.717, 1.165) is 6.42 Å². The van der Waals surface area contributed by atoms with Crippen LogP contribution in [0.2, 0.25) is 0 Å². The summed E-state index contributed by atoms with van der Waals surface area (Å²) in [5.41, 5.74) is 3.14. The molecular weight excluding hydrogens is 384 g/mol. The molecule has 0 radical (unpaired) electrons. The van der Waals surface area contributed by atoms with Crippen molar-refractivity contribution < 1.29 is 19.2 Å². The van der Waals surface area contributed by atoms with Gasteiger partial charge in [0, 0.05) is 37.4 Å². The lowest BCUT2D eigenvalue weighted by Gasteiger charge is -2.40. The predicted molar refractivity (Wildman–Crippen MR) is 114 cm³/mol.